The molecular formula is C15H24N2O. The van der Waals surface area contributed by atoms with E-state index in [1.54, 1.807) is 0 Å². The SMILES string of the molecule is CC1CN(CC(C)(O)c2ccccc2)C(C)CN1. The largest absolute Gasteiger partial charge is 0.384 e. The van der Waals surface area contributed by atoms with Gasteiger partial charge < -0.3 is 10.4 Å². The molecule has 3 unspecified atom stereocenters. The van der Waals surface area contributed by atoms with Gasteiger partial charge >= 0.3 is 0 Å². The number of nitrogens with one attached hydrogen (secondary N) is 1. The third kappa shape index (κ3) is 3.10. The van der Waals surface area contributed by atoms with Crippen LogP contribution in [0.25, 0.3) is 0 Å². The average Bonchev–Trinajstić information content (AvgIpc) is 2.35. The van der Waals surface area contributed by atoms with Crippen molar-refractivity contribution in [3.05, 3.63) is 35.9 Å². The summed E-state index contributed by atoms with van der Waals surface area (Å²) in [6.07, 6.45) is 0. The second kappa shape index (κ2) is 5.39. The molecule has 2 N–H and O–H groups in total. The highest BCUT2D eigenvalue weighted by Crippen LogP contribution is 2.23. The minimum Gasteiger partial charge on any atom is -0.384 e. The third-order valence-electron chi connectivity index (χ3n) is 3.80. The summed E-state index contributed by atoms with van der Waals surface area (Å²) in [6.45, 7) is 8.97. The lowest BCUT2D eigenvalue weighted by molar-refractivity contribution is -0.00630. The van der Waals surface area contributed by atoms with Crippen LogP contribution in [0.2, 0.25) is 0 Å². The lowest BCUT2D eigenvalue weighted by Gasteiger charge is -2.41. The summed E-state index contributed by atoms with van der Waals surface area (Å²) < 4.78 is 0. The summed E-state index contributed by atoms with van der Waals surface area (Å²) in [5.41, 5.74) is 0.204. The Morgan fingerprint density at radius 3 is 2.67 bits per heavy atom. The van der Waals surface area contributed by atoms with Crippen molar-refractivity contribution in [3.63, 3.8) is 0 Å². The molecule has 3 nitrogen and oxygen atoms in total. The monoisotopic (exact) mass is 248 g/mol. The number of hydrogen-bond acceptors (Lipinski definition) is 3. The maximum atomic E-state index is 10.7. The molecule has 18 heavy (non-hydrogen) atoms. The molecule has 1 aromatic carbocycles. The quantitative estimate of drug-likeness (QED) is 0.852. The van der Waals surface area contributed by atoms with Crippen molar-refractivity contribution >= 4 is 0 Å². The highest BCUT2D eigenvalue weighted by Gasteiger charge is 2.31. The molecule has 3 heteroatoms. The number of hydrogen-bond donors (Lipinski definition) is 2. The lowest BCUT2D eigenvalue weighted by atomic mass is 9.94. The van der Waals surface area contributed by atoms with Gasteiger partial charge in [0.2, 0.25) is 0 Å². The summed E-state index contributed by atoms with van der Waals surface area (Å²) in [6, 6.07) is 10.9. The van der Waals surface area contributed by atoms with E-state index in [-0.39, 0.29) is 0 Å². The lowest BCUT2D eigenvalue weighted by Crippen LogP contribution is -2.57. The normalized spacial score (nSPS) is 28.9. The number of aliphatic hydroxyl groups is 1. The van der Waals surface area contributed by atoms with Gasteiger partial charge in [0.1, 0.15) is 0 Å². The van der Waals surface area contributed by atoms with Gasteiger partial charge in [-0.05, 0) is 26.3 Å². The summed E-state index contributed by atoms with van der Waals surface area (Å²) in [4.78, 5) is 2.37. The van der Waals surface area contributed by atoms with E-state index < -0.39 is 5.60 Å². The fourth-order valence-electron chi connectivity index (χ4n) is 2.60. The molecular weight excluding hydrogens is 224 g/mol. The zero-order chi connectivity index (χ0) is 13.2. The number of β-amino-alcohol motifs (C(OH)–C–C–N with tert-alkyl or cyclic N) is 1. The Morgan fingerprint density at radius 1 is 1.33 bits per heavy atom. The molecule has 1 aliphatic rings. The maximum Gasteiger partial charge on any atom is 0.0994 e. The fraction of sp³-hybridized carbons (Fsp3) is 0.600. The van der Waals surface area contributed by atoms with Crippen LogP contribution in [-0.2, 0) is 5.60 Å². The van der Waals surface area contributed by atoms with Gasteiger partial charge in [0.25, 0.3) is 0 Å². The molecule has 1 aliphatic heterocycles. The molecule has 1 saturated heterocycles. The first-order chi connectivity index (χ1) is 8.49. The zero-order valence-corrected chi connectivity index (χ0v) is 11.6. The minimum atomic E-state index is -0.785. The molecule has 0 amide bonds. The van der Waals surface area contributed by atoms with Gasteiger partial charge in [0, 0.05) is 31.7 Å². The van der Waals surface area contributed by atoms with Crippen molar-refractivity contribution in [2.24, 2.45) is 0 Å². The van der Waals surface area contributed by atoms with E-state index in [9.17, 15) is 5.11 Å². The molecule has 2 rings (SSSR count). The van der Waals surface area contributed by atoms with E-state index in [2.05, 4.69) is 24.1 Å². The minimum absolute atomic E-state index is 0.469. The topological polar surface area (TPSA) is 35.5 Å². The van der Waals surface area contributed by atoms with E-state index >= 15 is 0 Å². The number of benzene rings is 1. The first-order valence-corrected chi connectivity index (χ1v) is 6.74. The third-order valence-corrected chi connectivity index (χ3v) is 3.80. The molecule has 1 heterocycles. The summed E-state index contributed by atoms with van der Waals surface area (Å²) in [5.74, 6) is 0. The Balaban J connectivity index is 2.07. The summed E-state index contributed by atoms with van der Waals surface area (Å²) >= 11 is 0. The van der Waals surface area contributed by atoms with Crippen molar-refractivity contribution in [2.75, 3.05) is 19.6 Å². The second-order valence-corrected chi connectivity index (χ2v) is 5.73. The molecule has 0 aromatic heterocycles. The van der Waals surface area contributed by atoms with Crippen LogP contribution in [0.15, 0.2) is 30.3 Å². The highest BCUT2D eigenvalue weighted by atomic mass is 16.3. The van der Waals surface area contributed by atoms with Gasteiger partial charge in [0.15, 0.2) is 0 Å². The van der Waals surface area contributed by atoms with Gasteiger partial charge in [0.05, 0.1) is 5.60 Å². The van der Waals surface area contributed by atoms with Crippen LogP contribution in [0.4, 0.5) is 0 Å². The van der Waals surface area contributed by atoms with Gasteiger partial charge in [-0.2, -0.15) is 0 Å². The predicted molar refractivity (Wildman–Crippen MR) is 74.5 cm³/mol. The molecule has 0 bridgehead atoms. The highest BCUT2D eigenvalue weighted by molar-refractivity contribution is 5.22. The van der Waals surface area contributed by atoms with Crippen molar-refractivity contribution in [3.8, 4) is 0 Å². The molecule has 100 valence electrons. The number of piperazine rings is 1. The van der Waals surface area contributed by atoms with Gasteiger partial charge in [-0.1, -0.05) is 30.3 Å². The molecule has 0 aliphatic carbocycles. The second-order valence-electron chi connectivity index (χ2n) is 5.73. The first kappa shape index (κ1) is 13.5. The predicted octanol–water partition coefficient (Wildman–Crippen LogP) is 1.58. The Kier molecular flexibility index (Phi) is 4.05. The fourth-order valence-corrected chi connectivity index (χ4v) is 2.60. The standard InChI is InChI=1S/C15H24N2O/c1-12-10-17(13(2)9-16-12)11-15(3,18)14-7-5-4-6-8-14/h4-8,12-13,16,18H,9-11H2,1-3H3. The summed E-state index contributed by atoms with van der Waals surface area (Å²) in [5, 5.41) is 14.1. The molecule has 0 radical (unpaired) electrons. The smallest absolute Gasteiger partial charge is 0.0994 e. The van der Waals surface area contributed by atoms with Crippen LogP contribution in [0.1, 0.15) is 26.3 Å². The van der Waals surface area contributed by atoms with Gasteiger partial charge in [-0.15, -0.1) is 0 Å². The van der Waals surface area contributed by atoms with Crippen molar-refractivity contribution < 1.29 is 5.11 Å². The van der Waals surface area contributed by atoms with Crippen LogP contribution in [-0.4, -0.2) is 41.7 Å². The van der Waals surface area contributed by atoms with Crippen molar-refractivity contribution in [1.29, 1.82) is 0 Å². The van der Waals surface area contributed by atoms with Crippen molar-refractivity contribution in [1.82, 2.24) is 10.2 Å². The van der Waals surface area contributed by atoms with Crippen LogP contribution >= 0.6 is 0 Å². The van der Waals surface area contributed by atoms with E-state index in [1.165, 1.54) is 0 Å². The number of rotatable bonds is 3. The Hall–Kier alpha value is -0.900. The molecule has 0 saturated carbocycles. The molecule has 1 fully saturated rings. The van der Waals surface area contributed by atoms with E-state index in [4.69, 9.17) is 0 Å². The number of nitrogens with zero attached hydrogens (tertiary/aromatic N) is 1. The van der Waals surface area contributed by atoms with Crippen LogP contribution in [0, 0.1) is 0 Å². The Morgan fingerprint density at radius 2 is 2.00 bits per heavy atom. The van der Waals surface area contributed by atoms with E-state index in [0.717, 1.165) is 18.7 Å². The zero-order valence-electron chi connectivity index (χ0n) is 11.6. The van der Waals surface area contributed by atoms with Crippen LogP contribution in [0.5, 0.6) is 0 Å². The Bertz CT molecular complexity index is 377. The van der Waals surface area contributed by atoms with Gasteiger partial charge in [-0.25, -0.2) is 0 Å². The first-order valence-electron chi connectivity index (χ1n) is 6.74. The molecule has 3 atom stereocenters. The van der Waals surface area contributed by atoms with E-state index in [1.807, 2.05) is 37.3 Å². The van der Waals surface area contributed by atoms with E-state index in [0.29, 0.717) is 18.6 Å². The summed E-state index contributed by atoms with van der Waals surface area (Å²) in [7, 11) is 0. The Labute approximate surface area is 110 Å². The average molecular weight is 248 g/mol. The van der Waals surface area contributed by atoms with Crippen LogP contribution in [0.3, 0.4) is 0 Å². The molecule has 0 spiro atoms. The van der Waals surface area contributed by atoms with Gasteiger partial charge in [-0.3, -0.25) is 4.90 Å². The van der Waals surface area contributed by atoms with Crippen molar-refractivity contribution in [2.45, 2.75) is 38.5 Å². The van der Waals surface area contributed by atoms with Crippen LogP contribution < -0.4 is 5.32 Å². The maximum absolute atomic E-state index is 10.7. The molecule has 1 aromatic rings.